The van der Waals surface area contributed by atoms with Gasteiger partial charge in [-0.05, 0) is 47.2 Å². The van der Waals surface area contributed by atoms with Crippen molar-refractivity contribution in [1.82, 2.24) is 9.47 Å². The summed E-state index contributed by atoms with van der Waals surface area (Å²) >= 11 is 0. The van der Waals surface area contributed by atoms with Crippen LogP contribution in [0.3, 0.4) is 0 Å². The molecule has 5 heteroatoms. The number of para-hydroxylation sites is 1. The van der Waals surface area contributed by atoms with E-state index >= 15 is 0 Å². The minimum absolute atomic E-state index is 0.541. The molecule has 0 radical (unpaired) electrons. The molecule has 33 heavy (non-hydrogen) atoms. The molecule has 170 valence electrons. The molecule has 5 nitrogen and oxygen atoms in total. The molecule has 1 N–H and O–H groups in total. The van der Waals surface area contributed by atoms with Crippen molar-refractivity contribution < 1.29 is 14.6 Å². The fourth-order valence-electron chi connectivity index (χ4n) is 4.25. The van der Waals surface area contributed by atoms with Crippen molar-refractivity contribution in [2.45, 2.75) is 39.0 Å². The first-order chi connectivity index (χ1) is 16.1. The van der Waals surface area contributed by atoms with Gasteiger partial charge in [0.2, 0.25) is 0 Å². The zero-order valence-electron chi connectivity index (χ0n) is 18.9. The Bertz CT molecular complexity index is 1190. The SMILES string of the molecule is CCC(C(=O)O)N(Cc1ccccc1)Cc1cccc(OCCn2ccc3ccccc32)c1. The Balaban J connectivity index is 1.42. The first kappa shape index (κ1) is 22.6. The number of hydrogen-bond donors (Lipinski definition) is 1. The van der Waals surface area contributed by atoms with Crippen LogP contribution in [0.15, 0.2) is 91.1 Å². The predicted octanol–water partition coefficient (Wildman–Crippen LogP) is 5.59. The van der Waals surface area contributed by atoms with Crippen molar-refractivity contribution in [2.75, 3.05) is 6.61 Å². The molecule has 0 fully saturated rings. The predicted molar refractivity (Wildman–Crippen MR) is 131 cm³/mol. The second-order valence-corrected chi connectivity index (χ2v) is 8.22. The van der Waals surface area contributed by atoms with Crippen molar-refractivity contribution in [1.29, 1.82) is 0 Å². The van der Waals surface area contributed by atoms with Crippen molar-refractivity contribution in [3.63, 3.8) is 0 Å². The second-order valence-electron chi connectivity index (χ2n) is 8.22. The maximum atomic E-state index is 11.9. The standard InChI is InChI=1S/C28H30N2O3/c1-2-26(28(31)32)30(20-22-9-4-3-5-10-22)21-23-11-8-13-25(19-23)33-18-17-29-16-15-24-12-6-7-14-27(24)29/h3-16,19,26H,2,17-18,20-21H2,1H3,(H,31,32). The number of ether oxygens (including phenoxy) is 1. The number of rotatable bonds is 11. The van der Waals surface area contributed by atoms with Crippen LogP contribution in [0.25, 0.3) is 10.9 Å². The van der Waals surface area contributed by atoms with Crippen LogP contribution < -0.4 is 4.74 Å². The first-order valence-corrected chi connectivity index (χ1v) is 11.4. The van der Waals surface area contributed by atoms with E-state index in [1.54, 1.807) is 0 Å². The van der Waals surface area contributed by atoms with Crippen LogP contribution in [0.1, 0.15) is 24.5 Å². The number of aliphatic carboxylic acids is 1. The summed E-state index contributed by atoms with van der Waals surface area (Å²) in [5, 5.41) is 11.0. The van der Waals surface area contributed by atoms with Crippen LogP contribution in [0.5, 0.6) is 5.75 Å². The summed E-state index contributed by atoms with van der Waals surface area (Å²) in [6.07, 6.45) is 2.63. The maximum Gasteiger partial charge on any atom is 0.320 e. The molecule has 3 aromatic carbocycles. The monoisotopic (exact) mass is 442 g/mol. The van der Waals surface area contributed by atoms with Gasteiger partial charge in [0.15, 0.2) is 0 Å². The third kappa shape index (κ3) is 5.82. The normalized spacial score (nSPS) is 12.2. The van der Waals surface area contributed by atoms with E-state index in [1.807, 2.05) is 78.6 Å². The lowest BCUT2D eigenvalue weighted by atomic mass is 10.1. The largest absolute Gasteiger partial charge is 0.492 e. The summed E-state index contributed by atoms with van der Waals surface area (Å²) in [6.45, 7) is 4.36. The van der Waals surface area contributed by atoms with E-state index < -0.39 is 12.0 Å². The smallest absolute Gasteiger partial charge is 0.320 e. The highest BCUT2D eigenvalue weighted by Gasteiger charge is 2.24. The number of carbonyl (C=O) groups is 1. The molecule has 1 heterocycles. The third-order valence-electron chi connectivity index (χ3n) is 5.91. The van der Waals surface area contributed by atoms with E-state index in [-0.39, 0.29) is 0 Å². The summed E-state index contributed by atoms with van der Waals surface area (Å²) < 4.78 is 8.24. The highest BCUT2D eigenvalue weighted by molar-refractivity contribution is 5.79. The van der Waals surface area contributed by atoms with E-state index in [0.717, 1.165) is 23.4 Å². The van der Waals surface area contributed by atoms with Gasteiger partial charge in [-0.25, -0.2) is 0 Å². The van der Waals surface area contributed by atoms with Gasteiger partial charge in [0.05, 0.1) is 6.54 Å². The zero-order valence-corrected chi connectivity index (χ0v) is 18.9. The van der Waals surface area contributed by atoms with Gasteiger partial charge in [-0.3, -0.25) is 9.69 Å². The first-order valence-electron chi connectivity index (χ1n) is 11.4. The Hall–Kier alpha value is -3.57. The number of aromatic nitrogens is 1. The molecule has 0 aliphatic carbocycles. The van der Waals surface area contributed by atoms with Gasteiger partial charge in [-0.1, -0.05) is 67.6 Å². The number of fused-ring (bicyclic) bond motifs is 1. The van der Waals surface area contributed by atoms with Crippen LogP contribution in [0.2, 0.25) is 0 Å². The summed E-state index contributed by atoms with van der Waals surface area (Å²) in [6, 6.07) is 27.9. The summed E-state index contributed by atoms with van der Waals surface area (Å²) in [5.74, 6) is 0.00628. The van der Waals surface area contributed by atoms with Gasteiger partial charge in [0.1, 0.15) is 18.4 Å². The van der Waals surface area contributed by atoms with Gasteiger partial charge in [0.25, 0.3) is 0 Å². The van der Waals surface area contributed by atoms with Crippen molar-refractivity contribution >= 4 is 16.9 Å². The highest BCUT2D eigenvalue weighted by Crippen LogP contribution is 2.20. The van der Waals surface area contributed by atoms with Crippen LogP contribution in [0, 0.1) is 0 Å². The maximum absolute atomic E-state index is 11.9. The van der Waals surface area contributed by atoms with E-state index in [2.05, 4.69) is 29.0 Å². The number of carboxylic acid groups (broad SMARTS) is 1. The van der Waals surface area contributed by atoms with E-state index in [4.69, 9.17) is 4.74 Å². The fraction of sp³-hybridized carbons (Fsp3) is 0.250. The van der Waals surface area contributed by atoms with Crippen LogP contribution in [-0.2, 0) is 24.4 Å². The van der Waals surface area contributed by atoms with Crippen LogP contribution in [-0.4, -0.2) is 33.2 Å². The second kappa shape index (κ2) is 10.8. The highest BCUT2D eigenvalue weighted by atomic mass is 16.5. The lowest BCUT2D eigenvalue weighted by molar-refractivity contribution is -0.144. The molecule has 0 aliphatic heterocycles. The molecule has 4 rings (SSSR count). The Kier molecular flexibility index (Phi) is 7.43. The average molecular weight is 443 g/mol. The molecule has 0 spiro atoms. The fourth-order valence-corrected chi connectivity index (χ4v) is 4.25. The molecule has 1 aromatic heterocycles. The van der Waals surface area contributed by atoms with E-state index in [0.29, 0.717) is 26.1 Å². The molecule has 0 bridgehead atoms. The molecule has 0 aliphatic rings. The Morgan fingerprint density at radius 1 is 0.939 bits per heavy atom. The quantitative estimate of drug-likeness (QED) is 0.329. The minimum Gasteiger partial charge on any atom is -0.492 e. The van der Waals surface area contributed by atoms with Crippen molar-refractivity contribution in [2.24, 2.45) is 0 Å². The lowest BCUT2D eigenvalue weighted by Crippen LogP contribution is -2.39. The lowest BCUT2D eigenvalue weighted by Gasteiger charge is -2.28. The van der Waals surface area contributed by atoms with Gasteiger partial charge < -0.3 is 14.4 Å². The molecule has 0 amide bonds. The number of nitrogens with zero attached hydrogens (tertiary/aromatic N) is 2. The van der Waals surface area contributed by atoms with Gasteiger partial charge in [0, 0.05) is 24.8 Å². The summed E-state index contributed by atoms with van der Waals surface area (Å²) in [4.78, 5) is 13.9. The summed E-state index contributed by atoms with van der Waals surface area (Å²) in [7, 11) is 0. The van der Waals surface area contributed by atoms with Gasteiger partial charge in [-0.15, -0.1) is 0 Å². The third-order valence-corrected chi connectivity index (χ3v) is 5.91. The average Bonchev–Trinajstić information content (AvgIpc) is 3.23. The van der Waals surface area contributed by atoms with Crippen molar-refractivity contribution in [3.05, 3.63) is 102 Å². The van der Waals surface area contributed by atoms with Crippen LogP contribution in [0.4, 0.5) is 0 Å². The van der Waals surface area contributed by atoms with E-state index in [1.165, 1.54) is 10.9 Å². The Morgan fingerprint density at radius 3 is 2.45 bits per heavy atom. The zero-order chi connectivity index (χ0) is 23.0. The summed E-state index contributed by atoms with van der Waals surface area (Å²) in [5.41, 5.74) is 3.34. The molecule has 1 atom stereocenters. The van der Waals surface area contributed by atoms with Gasteiger partial charge in [-0.2, -0.15) is 0 Å². The minimum atomic E-state index is -0.792. The molecule has 1 unspecified atom stereocenters. The molecular weight excluding hydrogens is 412 g/mol. The Labute approximate surface area is 194 Å². The Morgan fingerprint density at radius 2 is 1.67 bits per heavy atom. The molecule has 0 saturated carbocycles. The number of carboxylic acids is 1. The van der Waals surface area contributed by atoms with Gasteiger partial charge >= 0.3 is 5.97 Å². The molecule has 4 aromatic rings. The topological polar surface area (TPSA) is 54.7 Å². The van der Waals surface area contributed by atoms with E-state index in [9.17, 15) is 9.90 Å². The molecule has 0 saturated heterocycles. The number of benzene rings is 3. The van der Waals surface area contributed by atoms with Crippen LogP contribution >= 0.6 is 0 Å². The molecular formula is C28H30N2O3. The van der Waals surface area contributed by atoms with Crippen molar-refractivity contribution in [3.8, 4) is 5.75 Å². The number of hydrogen-bond acceptors (Lipinski definition) is 3.